The molecule has 0 saturated heterocycles. The Morgan fingerprint density at radius 3 is 2.40 bits per heavy atom. The maximum absolute atomic E-state index is 12.2. The fourth-order valence-corrected chi connectivity index (χ4v) is 3.85. The molecule has 1 fully saturated rings. The highest BCUT2D eigenvalue weighted by molar-refractivity contribution is 7.89. The van der Waals surface area contributed by atoms with E-state index in [9.17, 15) is 13.5 Å². The van der Waals surface area contributed by atoms with Gasteiger partial charge in [-0.2, -0.15) is 0 Å². The van der Waals surface area contributed by atoms with Gasteiger partial charge in [0.2, 0.25) is 10.0 Å². The van der Waals surface area contributed by atoms with E-state index in [1.807, 2.05) is 0 Å². The zero-order valence-electron chi connectivity index (χ0n) is 10.9. The largest absolute Gasteiger partial charge is 0.389 e. The zero-order chi connectivity index (χ0) is 14.8. The molecule has 0 atom stereocenters. The lowest BCUT2D eigenvalue weighted by molar-refractivity contribution is 0.00945. The third-order valence-electron chi connectivity index (χ3n) is 3.58. The first kappa shape index (κ1) is 16.0. The molecule has 2 rings (SSSR count). The normalized spacial score (nSPS) is 18.9. The van der Waals surface area contributed by atoms with Crippen molar-refractivity contribution in [3.8, 4) is 0 Å². The Bertz CT molecular complexity index is 583. The topological polar surface area (TPSA) is 66.4 Å². The van der Waals surface area contributed by atoms with Gasteiger partial charge in [-0.1, -0.05) is 42.5 Å². The molecule has 0 aromatic heterocycles. The Kier molecular flexibility index (Phi) is 4.97. The van der Waals surface area contributed by atoms with E-state index < -0.39 is 15.6 Å². The quantitative estimate of drug-likeness (QED) is 0.887. The van der Waals surface area contributed by atoms with Gasteiger partial charge < -0.3 is 5.11 Å². The number of halogens is 2. The molecule has 0 amide bonds. The van der Waals surface area contributed by atoms with Crippen LogP contribution in [0.5, 0.6) is 0 Å². The summed E-state index contributed by atoms with van der Waals surface area (Å²) in [6, 6.07) is 4.13. The van der Waals surface area contributed by atoms with Crippen LogP contribution >= 0.6 is 23.2 Å². The van der Waals surface area contributed by atoms with Gasteiger partial charge in [-0.25, -0.2) is 13.1 Å². The van der Waals surface area contributed by atoms with Crippen molar-refractivity contribution in [1.29, 1.82) is 0 Å². The average molecular weight is 338 g/mol. The van der Waals surface area contributed by atoms with Crippen molar-refractivity contribution in [2.45, 2.75) is 42.6 Å². The number of hydrogen-bond donors (Lipinski definition) is 2. The monoisotopic (exact) mass is 337 g/mol. The standard InChI is InChI=1S/C13H17Cl2NO3S/c14-11-5-4-10(8-12(11)15)20(18,19)16-9-13(17)6-2-1-3-7-13/h4-5,8,16-17H,1-3,6-7,9H2. The van der Waals surface area contributed by atoms with Crippen molar-refractivity contribution < 1.29 is 13.5 Å². The predicted octanol–water partition coefficient (Wildman–Crippen LogP) is 2.97. The molecule has 1 saturated carbocycles. The van der Waals surface area contributed by atoms with E-state index in [2.05, 4.69) is 4.72 Å². The van der Waals surface area contributed by atoms with E-state index in [0.717, 1.165) is 19.3 Å². The first-order valence-corrected chi connectivity index (χ1v) is 8.73. The first-order chi connectivity index (χ1) is 9.32. The van der Waals surface area contributed by atoms with Crippen molar-refractivity contribution in [1.82, 2.24) is 4.72 Å². The molecule has 4 nitrogen and oxygen atoms in total. The molecule has 1 aliphatic carbocycles. The van der Waals surface area contributed by atoms with Gasteiger partial charge in [-0.15, -0.1) is 0 Å². The lowest BCUT2D eigenvalue weighted by Gasteiger charge is -2.32. The average Bonchev–Trinajstić information content (AvgIpc) is 2.41. The molecule has 0 heterocycles. The fraction of sp³-hybridized carbons (Fsp3) is 0.538. The van der Waals surface area contributed by atoms with Crippen LogP contribution in [0.4, 0.5) is 0 Å². The molecule has 1 aromatic carbocycles. The number of aliphatic hydroxyl groups is 1. The maximum atomic E-state index is 12.2. The molecular formula is C13H17Cl2NO3S. The molecule has 0 radical (unpaired) electrons. The van der Waals surface area contributed by atoms with Gasteiger partial charge in [-0.3, -0.25) is 0 Å². The van der Waals surface area contributed by atoms with Gasteiger partial charge in [0.05, 0.1) is 20.5 Å². The summed E-state index contributed by atoms with van der Waals surface area (Å²) in [5, 5.41) is 10.8. The van der Waals surface area contributed by atoms with Crippen LogP contribution in [-0.4, -0.2) is 25.7 Å². The third-order valence-corrected chi connectivity index (χ3v) is 5.71. The van der Waals surface area contributed by atoms with Crippen LogP contribution in [0.2, 0.25) is 10.0 Å². The van der Waals surface area contributed by atoms with Crippen molar-refractivity contribution in [2.24, 2.45) is 0 Å². The molecule has 0 aliphatic heterocycles. The minimum atomic E-state index is -3.69. The van der Waals surface area contributed by atoms with Crippen LogP contribution in [0.1, 0.15) is 32.1 Å². The van der Waals surface area contributed by atoms with Crippen LogP contribution in [0, 0.1) is 0 Å². The fourth-order valence-electron chi connectivity index (χ4n) is 2.34. The maximum Gasteiger partial charge on any atom is 0.240 e. The molecule has 7 heteroatoms. The van der Waals surface area contributed by atoms with Gasteiger partial charge in [0.1, 0.15) is 0 Å². The SMILES string of the molecule is O=S(=O)(NCC1(O)CCCCC1)c1ccc(Cl)c(Cl)c1. The van der Waals surface area contributed by atoms with Crippen LogP contribution in [0.3, 0.4) is 0 Å². The van der Waals surface area contributed by atoms with E-state index in [0.29, 0.717) is 17.9 Å². The second kappa shape index (κ2) is 6.20. The van der Waals surface area contributed by atoms with E-state index in [1.165, 1.54) is 18.2 Å². The number of sulfonamides is 1. The van der Waals surface area contributed by atoms with E-state index >= 15 is 0 Å². The Balaban J connectivity index is 2.09. The van der Waals surface area contributed by atoms with E-state index in [-0.39, 0.29) is 16.5 Å². The summed E-state index contributed by atoms with van der Waals surface area (Å²) in [5.41, 5.74) is -0.943. The van der Waals surface area contributed by atoms with Crippen LogP contribution in [0.15, 0.2) is 23.1 Å². The molecular weight excluding hydrogens is 321 g/mol. The summed E-state index contributed by atoms with van der Waals surface area (Å²) < 4.78 is 26.8. The molecule has 0 unspecified atom stereocenters. The van der Waals surface area contributed by atoms with Gasteiger partial charge in [0, 0.05) is 6.54 Å². The zero-order valence-corrected chi connectivity index (χ0v) is 13.2. The highest BCUT2D eigenvalue weighted by Crippen LogP contribution is 2.28. The number of rotatable bonds is 4. The molecule has 2 N–H and O–H groups in total. The Labute approximate surface area is 129 Å². The Morgan fingerprint density at radius 1 is 1.15 bits per heavy atom. The summed E-state index contributed by atoms with van der Waals surface area (Å²) in [6.07, 6.45) is 4.17. The lowest BCUT2D eigenvalue weighted by atomic mass is 9.85. The number of benzene rings is 1. The second-order valence-electron chi connectivity index (χ2n) is 5.19. The lowest BCUT2D eigenvalue weighted by Crippen LogP contribution is -2.44. The molecule has 0 bridgehead atoms. The van der Waals surface area contributed by atoms with Crippen molar-refractivity contribution in [3.63, 3.8) is 0 Å². The Hall–Kier alpha value is -0.330. The molecule has 1 aromatic rings. The second-order valence-corrected chi connectivity index (χ2v) is 7.77. The summed E-state index contributed by atoms with van der Waals surface area (Å²) in [6.45, 7) is 0.0234. The van der Waals surface area contributed by atoms with Crippen molar-refractivity contribution >= 4 is 33.2 Å². The van der Waals surface area contributed by atoms with E-state index in [4.69, 9.17) is 23.2 Å². The summed E-state index contributed by atoms with van der Waals surface area (Å²) in [5.74, 6) is 0. The van der Waals surface area contributed by atoms with Crippen LogP contribution in [-0.2, 0) is 10.0 Å². The predicted molar refractivity (Wildman–Crippen MR) is 79.7 cm³/mol. The minimum Gasteiger partial charge on any atom is -0.389 e. The number of hydrogen-bond acceptors (Lipinski definition) is 3. The van der Waals surface area contributed by atoms with Gasteiger partial charge in [0.15, 0.2) is 0 Å². The van der Waals surface area contributed by atoms with Crippen LogP contribution in [0.25, 0.3) is 0 Å². The minimum absolute atomic E-state index is 0.0234. The van der Waals surface area contributed by atoms with Crippen LogP contribution < -0.4 is 4.72 Å². The number of nitrogens with one attached hydrogen (secondary N) is 1. The van der Waals surface area contributed by atoms with Crippen molar-refractivity contribution in [2.75, 3.05) is 6.54 Å². The Morgan fingerprint density at radius 2 is 1.80 bits per heavy atom. The van der Waals surface area contributed by atoms with Gasteiger partial charge >= 0.3 is 0 Å². The highest BCUT2D eigenvalue weighted by atomic mass is 35.5. The molecule has 112 valence electrons. The highest BCUT2D eigenvalue weighted by Gasteiger charge is 2.30. The molecule has 20 heavy (non-hydrogen) atoms. The third kappa shape index (κ3) is 3.86. The van der Waals surface area contributed by atoms with E-state index in [1.54, 1.807) is 0 Å². The molecule has 0 spiro atoms. The summed E-state index contributed by atoms with van der Waals surface area (Å²) in [7, 11) is -3.69. The summed E-state index contributed by atoms with van der Waals surface area (Å²) >= 11 is 11.6. The van der Waals surface area contributed by atoms with Crippen molar-refractivity contribution in [3.05, 3.63) is 28.2 Å². The smallest absolute Gasteiger partial charge is 0.240 e. The molecule has 1 aliphatic rings. The van der Waals surface area contributed by atoms with Gasteiger partial charge in [-0.05, 0) is 31.0 Å². The van der Waals surface area contributed by atoms with Gasteiger partial charge in [0.25, 0.3) is 0 Å². The first-order valence-electron chi connectivity index (χ1n) is 6.50. The summed E-state index contributed by atoms with van der Waals surface area (Å²) in [4.78, 5) is 0.0475.